The van der Waals surface area contributed by atoms with E-state index in [-0.39, 0.29) is 6.42 Å². The van der Waals surface area contributed by atoms with Crippen LogP contribution in [-0.4, -0.2) is 47.7 Å². The lowest BCUT2D eigenvalue weighted by Gasteiger charge is -2.03. The number of hydrogen-bond donors (Lipinski definition) is 0. The Hall–Kier alpha value is -3.85. The molecule has 148 valence electrons. The second kappa shape index (κ2) is 7.20. The zero-order valence-corrected chi connectivity index (χ0v) is 16.5. The summed E-state index contributed by atoms with van der Waals surface area (Å²) in [5.74, 6) is 0.281. The van der Waals surface area contributed by atoms with Crippen LogP contribution in [0.3, 0.4) is 0 Å². The normalized spacial score (nSPS) is 11.3. The van der Waals surface area contributed by atoms with Crippen LogP contribution in [0.4, 0.5) is 0 Å². The third-order valence-corrected chi connectivity index (χ3v) is 4.92. The van der Waals surface area contributed by atoms with Gasteiger partial charge in [-0.2, -0.15) is 14.6 Å². The van der Waals surface area contributed by atoms with Crippen LogP contribution in [0.1, 0.15) is 5.69 Å². The first-order valence-electron chi connectivity index (χ1n) is 9.04. The molecule has 0 radical (unpaired) electrons. The van der Waals surface area contributed by atoms with Gasteiger partial charge in [0.25, 0.3) is 5.78 Å². The maximum Gasteiger partial charge on any atom is 0.311 e. The smallest absolute Gasteiger partial charge is 0.311 e. The summed E-state index contributed by atoms with van der Waals surface area (Å²) in [6.07, 6.45) is -0.0426. The first-order valence-corrected chi connectivity index (χ1v) is 9.41. The largest absolute Gasteiger partial charge is 0.469 e. The van der Waals surface area contributed by atoms with Gasteiger partial charge in [0, 0.05) is 5.56 Å². The van der Waals surface area contributed by atoms with Crippen molar-refractivity contribution in [3.8, 4) is 17.1 Å². The first-order chi connectivity index (χ1) is 14.7. The van der Waals surface area contributed by atoms with Gasteiger partial charge in [-0.05, 0) is 24.3 Å². The van der Waals surface area contributed by atoms with Gasteiger partial charge in [0.1, 0.15) is 5.69 Å². The molecule has 0 atom stereocenters. The molecule has 0 aliphatic heterocycles. The minimum Gasteiger partial charge on any atom is -0.469 e. The lowest BCUT2D eigenvalue weighted by Crippen LogP contribution is -2.06. The van der Waals surface area contributed by atoms with Gasteiger partial charge in [-0.15, -0.1) is 15.3 Å². The van der Waals surface area contributed by atoms with E-state index in [4.69, 9.17) is 16.3 Å². The highest BCUT2D eigenvalue weighted by Crippen LogP contribution is 2.27. The Balaban J connectivity index is 1.80. The van der Waals surface area contributed by atoms with Crippen LogP contribution in [-0.2, 0) is 16.0 Å². The van der Waals surface area contributed by atoms with Gasteiger partial charge in [0.2, 0.25) is 0 Å². The molecular formula is C20H14ClN7O2. The highest BCUT2D eigenvalue weighted by Gasteiger charge is 2.22. The van der Waals surface area contributed by atoms with E-state index in [1.165, 1.54) is 7.11 Å². The van der Waals surface area contributed by atoms with Crippen LogP contribution in [0.15, 0.2) is 54.6 Å². The predicted octanol–water partition coefficient (Wildman–Crippen LogP) is 2.89. The Morgan fingerprint density at radius 3 is 2.57 bits per heavy atom. The summed E-state index contributed by atoms with van der Waals surface area (Å²) in [5.41, 5.74) is 2.87. The van der Waals surface area contributed by atoms with Crippen LogP contribution in [0.5, 0.6) is 0 Å². The number of aromatic nitrogens is 7. The van der Waals surface area contributed by atoms with Crippen molar-refractivity contribution in [2.24, 2.45) is 0 Å². The van der Waals surface area contributed by atoms with Crippen molar-refractivity contribution in [2.75, 3.05) is 7.11 Å². The standard InChI is InChI=1S/C20H14ClN7O2/c1-30-16(29)11-15-17-19(27(25-15)12-7-3-2-4-8-12)28-20(24-23-17)22-18(26-28)13-9-5-6-10-14(13)21/h2-10H,11H2,1H3. The number of ether oxygens (including phenoxy) is 1. The molecule has 5 rings (SSSR count). The molecule has 0 aliphatic rings. The number of carbonyl (C=O) groups is 1. The van der Waals surface area contributed by atoms with Gasteiger partial charge in [-0.3, -0.25) is 4.79 Å². The molecule has 0 unspecified atom stereocenters. The topological polar surface area (TPSA) is 100 Å². The molecule has 9 nitrogen and oxygen atoms in total. The second-order valence-corrected chi connectivity index (χ2v) is 6.85. The molecule has 3 heterocycles. The Labute approximate surface area is 174 Å². The van der Waals surface area contributed by atoms with E-state index in [1.807, 2.05) is 48.5 Å². The minimum absolute atomic E-state index is 0.0426. The van der Waals surface area contributed by atoms with Crippen molar-refractivity contribution >= 4 is 34.5 Å². The number of esters is 1. The van der Waals surface area contributed by atoms with Crippen LogP contribution in [0, 0.1) is 0 Å². The number of rotatable bonds is 4. The second-order valence-electron chi connectivity index (χ2n) is 6.45. The Morgan fingerprint density at radius 1 is 1.03 bits per heavy atom. The number of hydrogen-bond acceptors (Lipinski definition) is 7. The number of para-hydroxylation sites is 1. The van der Waals surface area contributed by atoms with Crippen LogP contribution in [0.2, 0.25) is 5.02 Å². The maximum absolute atomic E-state index is 11.9. The van der Waals surface area contributed by atoms with Crippen molar-refractivity contribution in [1.29, 1.82) is 0 Å². The zero-order chi connectivity index (χ0) is 20.7. The first kappa shape index (κ1) is 18.2. The summed E-state index contributed by atoms with van der Waals surface area (Å²) in [6, 6.07) is 16.8. The number of nitrogens with zero attached hydrogens (tertiary/aromatic N) is 7. The van der Waals surface area contributed by atoms with E-state index in [1.54, 1.807) is 15.3 Å². The molecule has 5 aromatic rings. The number of carbonyl (C=O) groups excluding carboxylic acids is 1. The van der Waals surface area contributed by atoms with Gasteiger partial charge in [0.05, 0.1) is 24.2 Å². The highest BCUT2D eigenvalue weighted by atomic mass is 35.5. The fraction of sp³-hybridized carbons (Fsp3) is 0.100. The molecule has 10 heteroatoms. The van der Waals surface area contributed by atoms with E-state index in [9.17, 15) is 4.79 Å². The molecule has 3 aromatic heterocycles. The Bertz CT molecular complexity index is 1390. The van der Waals surface area contributed by atoms with Gasteiger partial charge in [-0.1, -0.05) is 41.9 Å². The molecule has 0 aliphatic carbocycles. The van der Waals surface area contributed by atoms with Crippen LogP contribution < -0.4 is 0 Å². The molecule has 2 aromatic carbocycles. The van der Waals surface area contributed by atoms with E-state index >= 15 is 0 Å². The summed E-state index contributed by atoms with van der Waals surface area (Å²) >= 11 is 6.31. The summed E-state index contributed by atoms with van der Waals surface area (Å²) in [4.78, 5) is 16.4. The van der Waals surface area contributed by atoms with Gasteiger partial charge < -0.3 is 4.74 Å². The lowest BCUT2D eigenvalue weighted by atomic mass is 10.2. The highest BCUT2D eigenvalue weighted by molar-refractivity contribution is 6.33. The number of methoxy groups -OCH3 is 1. The summed E-state index contributed by atoms with van der Waals surface area (Å²) in [5, 5.41) is 18.2. The minimum atomic E-state index is -0.424. The molecule has 0 fully saturated rings. The van der Waals surface area contributed by atoms with Gasteiger partial charge in [-0.25, -0.2) is 4.68 Å². The molecule has 0 spiro atoms. The number of fused-ring (bicyclic) bond motifs is 3. The Morgan fingerprint density at radius 2 is 1.80 bits per heavy atom. The van der Waals surface area contributed by atoms with Crippen molar-refractivity contribution in [3.63, 3.8) is 0 Å². The van der Waals surface area contributed by atoms with E-state index in [0.29, 0.717) is 39.0 Å². The summed E-state index contributed by atoms with van der Waals surface area (Å²) in [6.45, 7) is 0. The van der Waals surface area contributed by atoms with Gasteiger partial charge >= 0.3 is 5.97 Å². The predicted molar refractivity (Wildman–Crippen MR) is 109 cm³/mol. The van der Waals surface area contributed by atoms with Gasteiger partial charge in [0.15, 0.2) is 17.0 Å². The average molecular weight is 420 g/mol. The van der Waals surface area contributed by atoms with Crippen molar-refractivity contribution in [1.82, 2.24) is 34.6 Å². The maximum atomic E-state index is 11.9. The molecule has 0 N–H and O–H groups in total. The Kier molecular flexibility index (Phi) is 4.36. The molecule has 30 heavy (non-hydrogen) atoms. The number of benzene rings is 2. The fourth-order valence-corrected chi connectivity index (χ4v) is 3.40. The zero-order valence-electron chi connectivity index (χ0n) is 15.7. The summed E-state index contributed by atoms with van der Waals surface area (Å²) < 4.78 is 8.02. The monoisotopic (exact) mass is 419 g/mol. The quantitative estimate of drug-likeness (QED) is 0.413. The SMILES string of the molecule is COC(=O)Cc1nn(-c2ccccc2)c2c1nnc1nc(-c3ccccc3Cl)nn12. The van der Waals surface area contributed by atoms with Crippen molar-refractivity contribution < 1.29 is 9.53 Å². The molecule has 0 saturated heterocycles. The van der Waals surface area contributed by atoms with Crippen molar-refractivity contribution in [3.05, 3.63) is 65.3 Å². The van der Waals surface area contributed by atoms with Crippen molar-refractivity contribution in [2.45, 2.75) is 6.42 Å². The van der Waals surface area contributed by atoms with E-state index in [2.05, 4.69) is 25.4 Å². The average Bonchev–Trinajstić information content (AvgIpc) is 3.36. The summed E-state index contributed by atoms with van der Waals surface area (Å²) in [7, 11) is 1.33. The lowest BCUT2D eigenvalue weighted by molar-refractivity contribution is -0.139. The van der Waals surface area contributed by atoms with Crippen LogP contribution >= 0.6 is 11.6 Å². The molecule has 0 saturated carbocycles. The fourth-order valence-electron chi connectivity index (χ4n) is 3.18. The molecule has 0 amide bonds. The molecular weight excluding hydrogens is 406 g/mol. The van der Waals surface area contributed by atoms with Crippen LogP contribution in [0.25, 0.3) is 34.0 Å². The number of halogens is 1. The third kappa shape index (κ3) is 2.96. The van der Waals surface area contributed by atoms with E-state index in [0.717, 1.165) is 5.69 Å². The third-order valence-electron chi connectivity index (χ3n) is 4.59. The molecule has 0 bridgehead atoms. The van der Waals surface area contributed by atoms with E-state index < -0.39 is 5.97 Å².